The zero-order valence-corrected chi connectivity index (χ0v) is 14.4. The number of ether oxygens (including phenoxy) is 1. The van der Waals surface area contributed by atoms with E-state index in [0.717, 1.165) is 6.07 Å². The van der Waals surface area contributed by atoms with Gasteiger partial charge in [-0.15, -0.1) is 0 Å². The molecule has 0 heterocycles. The Morgan fingerprint density at radius 3 is 2.41 bits per heavy atom. The summed E-state index contributed by atoms with van der Waals surface area (Å²) in [7, 11) is 0. The number of non-ortho nitro benzene ring substituents is 1. The third kappa shape index (κ3) is 6.01. The van der Waals surface area contributed by atoms with E-state index in [9.17, 15) is 24.1 Å². The molecule has 140 valence electrons. The summed E-state index contributed by atoms with van der Waals surface area (Å²) in [5.41, 5.74) is 4.15. The van der Waals surface area contributed by atoms with Crippen LogP contribution in [0.3, 0.4) is 0 Å². The van der Waals surface area contributed by atoms with Crippen molar-refractivity contribution >= 4 is 34.8 Å². The topological polar surface area (TPSA) is 123 Å². The smallest absolute Gasteiger partial charge is 0.276 e. The number of thiocarbonyl (C=S) groups is 1. The second kappa shape index (κ2) is 9.20. The molecule has 0 aliphatic rings. The molecule has 0 saturated carbocycles. The van der Waals surface area contributed by atoms with Gasteiger partial charge >= 0.3 is 0 Å². The maximum atomic E-state index is 13.5. The fourth-order valence-electron chi connectivity index (χ4n) is 1.82. The van der Waals surface area contributed by atoms with Crippen molar-refractivity contribution in [3.05, 3.63) is 70.0 Å². The third-order valence-electron chi connectivity index (χ3n) is 3.08. The average Bonchev–Trinajstić information content (AvgIpc) is 2.65. The molecule has 0 radical (unpaired) electrons. The first kappa shape index (κ1) is 19.7. The van der Waals surface area contributed by atoms with Gasteiger partial charge in [0, 0.05) is 12.1 Å². The van der Waals surface area contributed by atoms with E-state index in [2.05, 4.69) is 16.2 Å². The predicted molar refractivity (Wildman–Crippen MR) is 96.3 cm³/mol. The molecular formula is C16H13FN4O5S. The van der Waals surface area contributed by atoms with Crippen LogP contribution in [0.25, 0.3) is 0 Å². The van der Waals surface area contributed by atoms with Crippen molar-refractivity contribution in [3.8, 4) is 5.75 Å². The standard InChI is InChI=1S/C16H13FN4O5S/c17-13-4-2-1-3-12(13)15(23)18-16(27)20-19-14(22)9-26-11-7-5-10(6-8-11)21(24)25/h1-8H,9H2,(H,19,22)(H2,18,20,23,27). The van der Waals surface area contributed by atoms with Crippen LogP contribution >= 0.6 is 12.2 Å². The molecule has 0 spiro atoms. The highest BCUT2D eigenvalue weighted by molar-refractivity contribution is 7.80. The second-order valence-corrected chi connectivity index (χ2v) is 5.38. The number of hydrogen-bond donors (Lipinski definition) is 3. The summed E-state index contributed by atoms with van der Waals surface area (Å²) in [5.74, 6) is -1.86. The normalized spacial score (nSPS) is 9.81. The van der Waals surface area contributed by atoms with Crippen LogP contribution in [0.1, 0.15) is 10.4 Å². The number of hydrazine groups is 1. The first-order chi connectivity index (χ1) is 12.9. The molecule has 0 bridgehead atoms. The molecule has 2 rings (SSSR count). The molecule has 2 aromatic rings. The van der Waals surface area contributed by atoms with Crippen LogP contribution in [0.5, 0.6) is 5.75 Å². The first-order valence-electron chi connectivity index (χ1n) is 7.39. The number of halogens is 1. The van der Waals surface area contributed by atoms with Gasteiger partial charge in [-0.1, -0.05) is 12.1 Å². The number of nitro benzene ring substituents is 1. The van der Waals surface area contributed by atoms with E-state index in [-0.39, 0.29) is 22.1 Å². The van der Waals surface area contributed by atoms with E-state index in [1.54, 1.807) is 0 Å². The first-order valence-corrected chi connectivity index (χ1v) is 7.79. The number of hydrogen-bond acceptors (Lipinski definition) is 6. The minimum Gasteiger partial charge on any atom is -0.484 e. The number of carbonyl (C=O) groups excluding carboxylic acids is 2. The number of rotatable bonds is 5. The maximum absolute atomic E-state index is 13.5. The Kier molecular flexibility index (Phi) is 6.72. The molecule has 2 amide bonds. The quantitative estimate of drug-likeness (QED) is 0.400. The lowest BCUT2D eigenvalue weighted by Crippen LogP contribution is -2.49. The van der Waals surface area contributed by atoms with E-state index in [1.165, 1.54) is 42.5 Å². The molecule has 0 saturated heterocycles. The van der Waals surface area contributed by atoms with Crippen molar-refractivity contribution in [2.45, 2.75) is 0 Å². The van der Waals surface area contributed by atoms with Gasteiger partial charge in [-0.3, -0.25) is 35.9 Å². The molecule has 9 nitrogen and oxygen atoms in total. The molecule has 0 aromatic heterocycles. The fraction of sp³-hybridized carbons (Fsp3) is 0.0625. The number of amides is 2. The van der Waals surface area contributed by atoms with E-state index < -0.39 is 29.2 Å². The van der Waals surface area contributed by atoms with Crippen LogP contribution in [0.2, 0.25) is 0 Å². The molecule has 0 atom stereocenters. The summed E-state index contributed by atoms with van der Waals surface area (Å²) in [5, 5.41) is 12.5. The van der Waals surface area contributed by atoms with Crippen LogP contribution in [0, 0.1) is 15.9 Å². The van der Waals surface area contributed by atoms with Crippen LogP contribution in [0.4, 0.5) is 10.1 Å². The van der Waals surface area contributed by atoms with Crippen molar-refractivity contribution in [1.82, 2.24) is 16.2 Å². The van der Waals surface area contributed by atoms with E-state index in [0.29, 0.717) is 0 Å². The number of nitrogens with one attached hydrogen (secondary N) is 3. The van der Waals surface area contributed by atoms with E-state index >= 15 is 0 Å². The van der Waals surface area contributed by atoms with Crippen molar-refractivity contribution in [1.29, 1.82) is 0 Å². The minimum absolute atomic E-state index is 0.107. The van der Waals surface area contributed by atoms with Crippen LogP contribution in [-0.2, 0) is 4.79 Å². The lowest BCUT2D eigenvalue weighted by atomic mass is 10.2. The van der Waals surface area contributed by atoms with Gasteiger partial charge in [0.2, 0.25) is 0 Å². The summed E-state index contributed by atoms with van der Waals surface area (Å²) < 4.78 is 18.6. The molecule has 27 heavy (non-hydrogen) atoms. The molecular weight excluding hydrogens is 379 g/mol. The van der Waals surface area contributed by atoms with Gasteiger partial charge in [-0.25, -0.2) is 4.39 Å². The van der Waals surface area contributed by atoms with Gasteiger partial charge in [0.05, 0.1) is 10.5 Å². The lowest BCUT2D eigenvalue weighted by Gasteiger charge is -2.11. The van der Waals surface area contributed by atoms with Crippen molar-refractivity contribution in [2.75, 3.05) is 6.61 Å². The molecule has 0 unspecified atom stereocenters. The van der Waals surface area contributed by atoms with E-state index in [1.807, 2.05) is 0 Å². The highest BCUT2D eigenvalue weighted by Gasteiger charge is 2.12. The number of nitro groups is 1. The number of benzene rings is 2. The summed E-state index contributed by atoms with van der Waals surface area (Å²) in [4.78, 5) is 33.5. The van der Waals surface area contributed by atoms with Crippen LogP contribution < -0.4 is 20.9 Å². The monoisotopic (exact) mass is 392 g/mol. The van der Waals surface area contributed by atoms with Crippen molar-refractivity contribution in [3.63, 3.8) is 0 Å². The maximum Gasteiger partial charge on any atom is 0.276 e. The minimum atomic E-state index is -0.776. The number of carbonyl (C=O) groups is 2. The summed E-state index contributed by atoms with van der Waals surface area (Å²) in [6, 6.07) is 10.5. The van der Waals surface area contributed by atoms with Gasteiger partial charge in [-0.05, 0) is 36.5 Å². The lowest BCUT2D eigenvalue weighted by molar-refractivity contribution is -0.384. The van der Waals surface area contributed by atoms with Gasteiger partial charge in [-0.2, -0.15) is 0 Å². The van der Waals surface area contributed by atoms with Crippen molar-refractivity contribution in [2.24, 2.45) is 0 Å². The Morgan fingerprint density at radius 1 is 1.11 bits per heavy atom. The molecule has 11 heteroatoms. The summed E-state index contributed by atoms with van der Waals surface area (Å²) in [6.45, 7) is -0.408. The Bertz CT molecular complexity index is 875. The Hall–Kier alpha value is -3.60. The number of nitrogens with zero attached hydrogens (tertiary/aromatic N) is 1. The highest BCUT2D eigenvalue weighted by atomic mass is 32.1. The second-order valence-electron chi connectivity index (χ2n) is 4.98. The third-order valence-corrected chi connectivity index (χ3v) is 3.28. The van der Waals surface area contributed by atoms with Crippen molar-refractivity contribution < 1.29 is 23.6 Å². The molecule has 0 aliphatic carbocycles. The molecule has 0 aliphatic heterocycles. The Morgan fingerprint density at radius 2 is 1.78 bits per heavy atom. The van der Waals surface area contributed by atoms with Crippen LogP contribution in [-0.4, -0.2) is 28.5 Å². The van der Waals surface area contributed by atoms with E-state index in [4.69, 9.17) is 17.0 Å². The highest BCUT2D eigenvalue weighted by Crippen LogP contribution is 2.16. The SMILES string of the molecule is O=C(COc1ccc([N+](=O)[O-])cc1)NNC(=S)NC(=O)c1ccccc1F. The van der Waals surface area contributed by atoms with Gasteiger partial charge < -0.3 is 4.74 Å². The summed E-state index contributed by atoms with van der Waals surface area (Å²) in [6.07, 6.45) is 0. The molecule has 0 fully saturated rings. The van der Waals surface area contributed by atoms with Gasteiger partial charge in [0.15, 0.2) is 11.7 Å². The van der Waals surface area contributed by atoms with Gasteiger partial charge in [0.25, 0.3) is 17.5 Å². The average molecular weight is 392 g/mol. The van der Waals surface area contributed by atoms with Crippen LogP contribution in [0.15, 0.2) is 48.5 Å². The van der Waals surface area contributed by atoms with Gasteiger partial charge in [0.1, 0.15) is 11.6 Å². The molecule has 3 N–H and O–H groups in total. The Labute approximate surface area is 157 Å². The summed E-state index contributed by atoms with van der Waals surface area (Å²) >= 11 is 4.82. The largest absolute Gasteiger partial charge is 0.484 e. The fourth-order valence-corrected chi connectivity index (χ4v) is 1.97. The zero-order valence-electron chi connectivity index (χ0n) is 13.6. The molecule has 2 aromatic carbocycles. The Balaban J connectivity index is 1.74. The predicted octanol–water partition coefficient (Wildman–Crippen LogP) is 1.45. The zero-order chi connectivity index (χ0) is 19.8.